The predicted molar refractivity (Wildman–Crippen MR) is 60.8 cm³/mol. The lowest BCUT2D eigenvalue weighted by Crippen LogP contribution is -2.20. The maximum Gasteiger partial charge on any atom is 0.0319 e. The van der Waals surface area contributed by atoms with Crippen molar-refractivity contribution in [3.8, 4) is 0 Å². The molecule has 1 nitrogen and oxygen atoms in total. The molecule has 0 amide bonds. The molecule has 0 aliphatic carbocycles. The molecule has 1 heterocycles. The summed E-state index contributed by atoms with van der Waals surface area (Å²) in [5, 5.41) is 7.98. The molecule has 0 bridgehead atoms. The van der Waals surface area contributed by atoms with E-state index in [4.69, 9.17) is 11.6 Å². The Balaban J connectivity index is 1.96. The van der Waals surface area contributed by atoms with Gasteiger partial charge in [0.15, 0.2) is 0 Å². The van der Waals surface area contributed by atoms with Crippen LogP contribution in [0.1, 0.15) is 18.9 Å². The zero-order valence-electron chi connectivity index (χ0n) is 7.92. The third-order valence-electron chi connectivity index (χ3n) is 1.89. The van der Waals surface area contributed by atoms with Crippen molar-refractivity contribution in [2.24, 2.45) is 0 Å². The van der Waals surface area contributed by atoms with Crippen molar-refractivity contribution in [1.82, 2.24) is 5.32 Å². The Morgan fingerprint density at radius 3 is 3.00 bits per heavy atom. The van der Waals surface area contributed by atoms with E-state index in [1.54, 1.807) is 11.3 Å². The highest BCUT2D eigenvalue weighted by Gasteiger charge is 1.95. The Kier molecular flexibility index (Phi) is 5.44. The molecule has 0 radical (unpaired) electrons. The molecule has 0 aliphatic heterocycles. The van der Waals surface area contributed by atoms with Crippen molar-refractivity contribution in [3.05, 3.63) is 22.4 Å². The van der Waals surface area contributed by atoms with E-state index in [9.17, 15) is 0 Å². The third-order valence-corrected chi connectivity index (χ3v) is 2.84. The zero-order valence-corrected chi connectivity index (χ0v) is 9.50. The molecule has 13 heavy (non-hydrogen) atoms. The number of rotatable bonds is 6. The first-order chi connectivity index (χ1) is 6.29. The Labute approximate surface area is 89.1 Å². The van der Waals surface area contributed by atoms with Gasteiger partial charge in [0.1, 0.15) is 0 Å². The highest BCUT2D eigenvalue weighted by molar-refractivity contribution is 7.07. The predicted octanol–water partition coefficient (Wildman–Crippen LogP) is 2.90. The van der Waals surface area contributed by atoms with E-state index in [0.29, 0.717) is 0 Å². The summed E-state index contributed by atoms with van der Waals surface area (Å²) >= 11 is 7.58. The molecule has 3 heteroatoms. The number of thiophene rings is 1. The van der Waals surface area contributed by atoms with E-state index in [2.05, 4.69) is 22.1 Å². The normalized spacial score (nSPS) is 13.1. The second-order valence-electron chi connectivity index (χ2n) is 3.20. The summed E-state index contributed by atoms with van der Waals surface area (Å²) in [5.41, 5.74) is 1.43. The van der Waals surface area contributed by atoms with Gasteiger partial charge in [-0.1, -0.05) is 0 Å². The van der Waals surface area contributed by atoms with Gasteiger partial charge in [-0.25, -0.2) is 0 Å². The SMILES string of the molecule is CC(Cl)CCNCCc1ccsc1. The van der Waals surface area contributed by atoms with Gasteiger partial charge in [0.25, 0.3) is 0 Å². The lowest BCUT2D eigenvalue weighted by atomic mass is 10.2. The van der Waals surface area contributed by atoms with Crippen LogP contribution in [0, 0.1) is 0 Å². The van der Waals surface area contributed by atoms with E-state index < -0.39 is 0 Å². The number of halogens is 1. The summed E-state index contributed by atoms with van der Waals surface area (Å²) < 4.78 is 0. The third kappa shape index (κ3) is 5.29. The number of nitrogens with one attached hydrogen (secondary N) is 1. The minimum atomic E-state index is 0.286. The monoisotopic (exact) mass is 217 g/mol. The van der Waals surface area contributed by atoms with Crippen molar-refractivity contribution in [2.75, 3.05) is 13.1 Å². The van der Waals surface area contributed by atoms with Crippen LogP contribution in [0.4, 0.5) is 0 Å². The van der Waals surface area contributed by atoms with Crippen molar-refractivity contribution in [2.45, 2.75) is 25.1 Å². The highest BCUT2D eigenvalue weighted by atomic mass is 35.5. The summed E-state index contributed by atoms with van der Waals surface area (Å²) in [6, 6.07) is 2.18. The zero-order chi connectivity index (χ0) is 9.52. The molecule has 1 atom stereocenters. The maximum atomic E-state index is 5.82. The largest absolute Gasteiger partial charge is 0.316 e. The summed E-state index contributed by atoms with van der Waals surface area (Å²) in [6.45, 7) is 4.11. The minimum Gasteiger partial charge on any atom is -0.316 e. The molecule has 0 saturated carbocycles. The fraction of sp³-hybridized carbons (Fsp3) is 0.600. The Morgan fingerprint density at radius 2 is 2.38 bits per heavy atom. The molecule has 74 valence electrons. The average molecular weight is 218 g/mol. The second-order valence-corrected chi connectivity index (χ2v) is 4.73. The van der Waals surface area contributed by atoms with E-state index in [1.807, 2.05) is 6.92 Å². The molecule has 1 rings (SSSR count). The second kappa shape index (κ2) is 6.41. The van der Waals surface area contributed by atoms with Crippen molar-refractivity contribution >= 4 is 22.9 Å². The van der Waals surface area contributed by atoms with Crippen LogP contribution in [-0.4, -0.2) is 18.5 Å². The molecule has 0 aliphatic rings. The van der Waals surface area contributed by atoms with Crippen LogP contribution >= 0.6 is 22.9 Å². The van der Waals surface area contributed by atoms with Crippen LogP contribution in [0.5, 0.6) is 0 Å². The van der Waals surface area contributed by atoms with Gasteiger partial charge >= 0.3 is 0 Å². The molecular weight excluding hydrogens is 202 g/mol. The van der Waals surface area contributed by atoms with Gasteiger partial charge < -0.3 is 5.32 Å². The molecule has 1 aromatic heterocycles. The standard InChI is InChI=1S/C10H16ClNS/c1-9(11)2-5-12-6-3-10-4-7-13-8-10/h4,7-9,12H,2-3,5-6H2,1H3. The molecule has 0 fully saturated rings. The van der Waals surface area contributed by atoms with Gasteiger partial charge in [-0.15, -0.1) is 11.6 Å². The van der Waals surface area contributed by atoms with Gasteiger partial charge in [0.05, 0.1) is 0 Å². The number of hydrogen-bond donors (Lipinski definition) is 1. The van der Waals surface area contributed by atoms with Crippen LogP contribution in [-0.2, 0) is 6.42 Å². The summed E-state index contributed by atoms with van der Waals surface area (Å²) in [6.07, 6.45) is 2.17. The van der Waals surface area contributed by atoms with Crippen LogP contribution in [0.2, 0.25) is 0 Å². The molecule has 0 aromatic carbocycles. The van der Waals surface area contributed by atoms with E-state index in [1.165, 1.54) is 5.56 Å². The van der Waals surface area contributed by atoms with Gasteiger partial charge in [-0.05, 0) is 55.2 Å². The first-order valence-corrected chi connectivity index (χ1v) is 6.03. The molecule has 0 spiro atoms. The van der Waals surface area contributed by atoms with Crippen LogP contribution in [0.3, 0.4) is 0 Å². The molecule has 1 unspecified atom stereocenters. The van der Waals surface area contributed by atoms with E-state index >= 15 is 0 Å². The fourth-order valence-corrected chi connectivity index (χ4v) is 1.91. The van der Waals surface area contributed by atoms with Gasteiger partial charge in [-0.2, -0.15) is 11.3 Å². The highest BCUT2D eigenvalue weighted by Crippen LogP contribution is 2.05. The van der Waals surface area contributed by atoms with Crippen molar-refractivity contribution in [3.63, 3.8) is 0 Å². The Bertz CT molecular complexity index is 209. The van der Waals surface area contributed by atoms with Crippen LogP contribution in [0.15, 0.2) is 16.8 Å². The van der Waals surface area contributed by atoms with Crippen LogP contribution < -0.4 is 5.32 Å². The number of alkyl halides is 1. The lowest BCUT2D eigenvalue weighted by Gasteiger charge is -2.04. The summed E-state index contributed by atoms with van der Waals surface area (Å²) in [5.74, 6) is 0. The molecule has 1 aromatic rings. The minimum absolute atomic E-state index is 0.286. The maximum absolute atomic E-state index is 5.82. The average Bonchev–Trinajstić information content (AvgIpc) is 2.55. The molecular formula is C10H16ClNS. The van der Waals surface area contributed by atoms with Gasteiger partial charge in [0.2, 0.25) is 0 Å². The first kappa shape index (κ1) is 11.0. The molecule has 0 saturated heterocycles. The van der Waals surface area contributed by atoms with Crippen LogP contribution in [0.25, 0.3) is 0 Å². The van der Waals surface area contributed by atoms with Gasteiger partial charge in [0, 0.05) is 5.38 Å². The van der Waals surface area contributed by atoms with E-state index in [-0.39, 0.29) is 5.38 Å². The van der Waals surface area contributed by atoms with Gasteiger partial charge in [-0.3, -0.25) is 0 Å². The first-order valence-electron chi connectivity index (χ1n) is 4.65. The molecule has 1 N–H and O–H groups in total. The quantitative estimate of drug-likeness (QED) is 0.571. The van der Waals surface area contributed by atoms with Crippen molar-refractivity contribution in [1.29, 1.82) is 0 Å². The topological polar surface area (TPSA) is 12.0 Å². The van der Waals surface area contributed by atoms with E-state index in [0.717, 1.165) is 25.9 Å². The van der Waals surface area contributed by atoms with Crippen molar-refractivity contribution < 1.29 is 0 Å². The number of hydrogen-bond acceptors (Lipinski definition) is 2. The fourth-order valence-electron chi connectivity index (χ4n) is 1.09. The summed E-state index contributed by atoms with van der Waals surface area (Å²) in [4.78, 5) is 0. The Hall–Kier alpha value is -0.0500. The lowest BCUT2D eigenvalue weighted by molar-refractivity contribution is 0.644. The smallest absolute Gasteiger partial charge is 0.0319 e. The summed E-state index contributed by atoms with van der Waals surface area (Å²) in [7, 11) is 0. The Morgan fingerprint density at radius 1 is 1.54 bits per heavy atom.